The summed E-state index contributed by atoms with van der Waals surface area (Å²) in [6.07, 6.45) is 0. The van der Waals surface area contributed by atoms with Gasteiger partial charge in [-0.2, -0.15) is 24.3 Å². The van der Waals surface area contributed by atoms with Gasteiger partial charge >= 0.3 is 68.9 Å². The standard InChI is InChI=1S/C10H7.Cs/c1-2-6-10-8-4-3-7-9(10)5-1;/h1-3,5-8H;/q-1;+1. The van der Waals surface area contributed by atoms with Crippen molar-refractivity contribution in [3.05, 3.63) is 48.5 Å². The molecule has 0 saturated heterocycles. The molecule has 11 heavy (non-hydrogen) atoms. The first-order valence-corrected chi connectivity index (χ1v) is 3.32. The number of benzene rings is 2. The minimum atomic E-state index is 0. The van der Waals surface area contributed by atoms with Crippen LogP contribution in [0.3, 0.4) is 0 Å². The van der Waals surface area contributed by atoms with E-state index < -0.39 is 0 Å². The van der Waals surface area contributed by atoms with Gasteiger partial charge in [-0.3, -0.25) is 0 Å². The molecular formula is C10H7Cs. The Labute approximate surface area is 125 Å². The molecule has 0 fully saturated rings. The summed E-state index contributed by atoms with van der Waals surface area (Å²) in [5.41, 5.74) is 0. The number of rotatable bonds is 0. The molecule has 2 aromatic rings. The minimum absolute atomic E-state index is 0. The summed E-state index contributed by atoms with van der Waals surface area (Å²) in [5, 5.41) is 2.53. The quantitative estimate of drug-likeness (QED) is 0.568. The van der Waals surface area contributed by atoms with Gasteiger partial charge in [-0.1, -0.05) is 18.2 Å². The van der Waals surface area contributed by atoms with Crippen LogP contribution in [0.5, 0.6) is 0 Å². The fourth-order valence-electron chi connectivity index (χ4n) is 1.07. The maximum absolute atomic E-state index is 3.04. The molecule has 0 aliphatic rings. The van der Waals surface area contributed by atoms with Crippen LogP contribution in [0.1, 0.15) is 0 Å². The third-order valence-corrected chi connectivity index (χ3v) is 1.59. The second-order valence-corrected chi connectivity index (χ2v) is 2.27. The van der Waals surface area contributed by atoms with Gasteiger partial charge in [0.15, 0.2) is 0 Å². The van der Waals surface area contributed by atoms with E-state index >= 15 is 0 Å². The van der Waals surface area contributed by atoms with E-state index in [4.69, 9.17) is 0 Å². The second-order valence-electron chi connectivity index (χ2n) is 2.27. The van der Waals surface area contributed by atoms with E-state index in [0.29, 0.717) is 0 Å². The van der Waals surface area contributed by atoms with Crippen LogP contribution < -0.4 is 68.9 Å². The Bertz CT molecular complexity index is 276. The number of fused-ring (bicyclic) bond motifs is 1. The fourth-order valence-corrected chi connectivity index (χ4v) is 1.07. The summed E-state index contributed by atoms with van der Waals surface area (Å²) in [4.78, 5) is 0. The van der Waals surface area contributed by atoms with Crippen LogP contribution in [-0.2, 0) is 0 Å². The van der Waals surface area contributed by atoms with Crippen LogP contribution in [0.15, 0.2) is 42.5 Å². The van der Waals surface area contributed by atoms with Crippen molar-refractivity contribution < 1.29 is 68.9 Å². The molecule has 1 heteroatoms. The Morgan fingerprint density at radius 2 is 1.64 bits per heavy atom. The average Bonchev–Trinajstić information content (AvgIpc) is 2.05. The number of hydrogen-bond donors (Lipinski definition) is 0. The first kappa shape index (κ1) is 9.84. The Morgan fingerprint density at radius 3 is 2.36 bits per heavy atom. The zero-order chi connectivity index (χ0) is 6.81. The fraction of sp³-hybridized carbons (Fsp3) is 0. The molecule has 0 aliphatic heterocycles. The van der Waals surface area contributed by atoms with E-state index in [0.717, 1.165) is 0 Å². The van der Waals surface area contributed by atoms with Crippen molar-refractivity contribution >= 4 is 10.8 Å². The van der Waals surface area contributed by atoms with Gasteiger partial charge in [0.05, 0.1) is 0 Å². The van der Waals surface area contributed by atoms with Crippen LogP contribution >= 0.6 is 0 Å². The molecular weight excluding hydrogens is 253 g/mol. The summed E-state index contributed by atoms with van der Waals surface area (Å²) in [6.45, 7) is 0. The Hall–Kier alpha value is 0.752. The van der Waals surface area contributed by atoms with Crippen molar-refractivity contribution in [2.75, 3.05) is 0 Å². The topological polar surface area (TPSA) is 0 Å². The van der Waals surface area contributed by atoms with Crippen molar-refractivity contribution in [1.29, 1.82) is 0 Å². The van der Waals surface area contributed by atoms with Crippen LogP contribution in [0.2, 0.25) is 0 Å². The number of hydrogen-bond acceptors (Lipinski definition) is 0. The SMILES string of the molecule is [Cs+].[c-]1ccc2ccccc2c1. The molecule has 48 valence electrons. The van der Waals surface area contributed by atoms with Crippen LogP contribution in [0.4, 0.5) is 0 Å². The van der Waals surface area contributed by atoms with Crippen LogP contribution in [-0.4, -0.2) is 0 Å². The first-order valence-electron chi connectivity index (χ1n) is 3.32. The first-order chi connectivity index (χ1) is 4.97. The molecule has 2 aromatic carbocycles. The van der Waals surface area contributed by atoms with Gasteiger partial charge in [0.25, 0.3) is 0 Å². The molecule has 0 radical (unpaired) electrons. The van der Waals surface area contributed by atoms with Crippen molar-refractivity contribution in [2.24, 2.45) is 0 Å². The second kappa shape index (κ2) is 4.70. The van der Waals surface area contributed by atoms with Crippen LogP contribution in [0.25, 0.3) is 10.8 Å². The smallest absolute Gasteiger partial charge is 0.183 e. The molecule has 0 heterocycles. The van der Waals surface area contributed by atoms with Crippen molar-refractivity contribution in [3.8, 4) is 0 Å². The van der Waals surface area contributed by atoms with E-state index in [9.17, 15) is 0 Å². The monoisotopic (exact) mass is 260 g/mol. The largest absolute Gasteiger partial charge is 1.00 e. The van der Waals surface area contributed by atoms with E-state index in [2.05, 4.69) is 24.3 Å². The molecule has 0 bridgehead atoms. The van der Waals surface area contributed by atoms with Crippen molar-refractivity contribution in [1.82, 2.24) is 0 Å². The van der Waals surface area contributed by atoms with E-state index in [1.54, 1.807) is 0 Å². The molecule has 0 saturated carbocycles. The Kier molecular flexibility index (Phi) is 4.20. The average molecular weight is 260 g/mol. The van der Waals surface area contributed by atoms with Gasteiger partial charge in [0, 0.05) is 0 Å². The van der Waals surface area contributed by atoms with E-state index in [-0.39, 0.29) is 68.9 Å². The summed E-state index contributed by atoms with van der Waals surface area (Å²) in [6, 6.07) is 17.3. The molecule has 0 aliphatic carbocycles. The molecule has 0 spiro atoms. The van der Waals surface area contributed by atoms with Crippen LogP contribution in [0, 0.1) is 6.07 Å². The predicted molar refractivity (Wildman–Crippen MR) is 42.8 cm³/mol. The molecule has 0 unspecified atom stereocenters. The van der Waals surface area contributed by atoms with Gasteiger partial charge in [-0.05, 0) is 0 Å². The van der Waals surface area contributed by atoms with Gasteiger partial charge in [-0.15, -0.1) is 16.8 Å². The van der Waals surface area contributed by atoms with E-state index in [1.165, 1.54) is 10.8 Å². The van der Waals surface area contributed by atoms with Gasteiger partial charge in [-0.25, -0.2) is 0 Å². The molecule has 0 N–H and O–H groups in total. The zero-order valence-electron chi connectivity index (χ0n) is 6.54. The zero-order valence-corrected chi connectivity index (χ0v) is 12.8. The van der Waals surface area contributed by atoms with Crippen molar-refractivity contribution in [2.45, 2.75) is 0 Å². The molecule has 2 rings (SSSR count). The molecule has 0 nitrogen and oxygen atoms in total. The Balaban J connectivity index is 0.000000605. The van der Waals surface area contributed by atoms with Crippen molar-refractivity contribution in [3.63, 3.8) is 0 Å². The van der Waals surface area contributed by atoms with E-state index in [1.807, 2.05) is 24.3 Å². The normalized spacial score (nSPS) is 9.09. The van der Waals surface area contributed by atoms with Gasteiger partial charge in [0.2, 0.25) is 0 Å². The predicted octanol–water partition coefficient (Wildman–Crippen LogP) is -0.356. The Morgan fingerprint density at radius 1 is 0.909 bits per heavy atom. The van der Waals surface area contributed by atoms with Gasteiger partial charge < -0.3 is 0 Å². The summed E-state index contributed by atoms with van der Waals surface area (Å²) >= 11 is 0. The molecule has 0 amide bonds. The molecule has 0 aromatic heterocycles. The summed E-state index contributed by atoms with van der Waals surface area (Å²) in [7, 11) is 0. The summed E-state index contributed by atoms with van der Waals surface area (Å²) in [5.74, 6) is 0. The third-order valence-electron chi connectivity index (χ3n) is 1.59. The third kappa shape index (κ3) is 2.34. The minimum Gasteiger partial charge on any atom is -0.183 e. The maximum atomic E-state index is 3.04. The molecule has 0 atom stereocenters. The summed E-state index contributed by atoms with van der Waals surface area (Å²) < 4.78 is 0. The maximum Gasteiger partial charge on any atom is 1.00 e. The van der Waals surface area contributed by atoms with Gasteiger partial charge in [0.1, 0.15) is 0 Å².